The quantitative estimate of drug-likeness (QED) is 0.822. The van der Waals surface area contributed by atoms with Crippen LogP contribution in [0.5, 0.6) is 0 Å². The smallest absolute Gasteiger partial charge is 0.251 e. The Morgan fingerprint density at radius 2 is 1.92 bits per heavy atom. The Balaban J connectivity index is 1.63. The van der Waals surface area contributed by atoms with Crippen LogP contribution in [0.1, 0.15) is 23.2 Å². The van der Waals surface area contributed by atoms with Gasteiger partial charge in [-0.3, -0.25) is 9.59 Å². The molecule has 25 heavy (non-hydrogen) atoms. The van der Waals surface area contributed by atoms with Gasteiger partial charge in [0.15, 0.2) is 0 Å². The summed E-state index contributed by atoms with van der Waals surface area (Å²) in [4.78, 5) is 24.8. The average Bonchev–Trinajstić information content (AvgIpc) is 2.63. The molecule has 130 valence electrons. The number of benzene rings is 2. The number of anilines is 2. The number of rotatable bonds is 5. The van der Waals surface area contributed by atoms with E-state index in [2.05, 4.69) is 10.6 Å². The zero-order valence-electron chi connectivity index (χ0n) is 13.7. The van der Waals surface area contributed by atoms with Crippen LogP contribution in [-0.2, 0) is 4.79 Å². The van der Waals surface area contributed by atoms with Crippen LogP contribution in [0.3, 0.4) is 0 Å². The molecule has 6 heteroatoms. The van der Waals surface area contributed by atoms with E-state index in [1.165, 1.54) is 6.07 Å². The summed E-state index contributed by atoms with van der Waals surface area (Å²) < 4.78 is 14.0. The highest BCUT2D eigenvalue weighted by Gasteiger charge is 2.23. The van der Waals surface area contributed by atoms with Crippen molar-refractivity contribution in [1.29, 1.82) is 0 Å². The predicted molar refractivity (Wildman–Crippen MR) is 95.2 cm³/mol. The van der Waals surface area contributed by atoms with Gasteiger partial charge in [0.1, 0.15) is 5.82 Å². The van der Waals surface area contributed by atoms with E-state index in [0.29, 0.717) is 29.9 Å². The molecule has 1 heterocycles. The van der Waals surface area contributed by atoms with Gasteiger partial charge >= 0.3 is 0 Å². The Morgan fingerprint density at radius 3 is 2.64 bits per heavy atom. The minimum atomic E-state index is -0.243. The van der Waals surface area contributed by atoms with Crippen LogP contribution in [0.2, 0.25) is 0 Å². The number of piperidine rings is 1. The molecule has 0 unspecified atom stereocenters. The Kier molecular flexibility index (Phi) is 5.28. The van der Waals surface area contributed by atoms with Gasteiger partial charge in [-0.25, -0.2) is 4.39 Å². The molecule has 1 aliphatic heterocycles. The largest absolute Gasteiger partial charge is 0.367 e. The van der Waals surface area contributed by atoms with E-state index in [9.17, 15) is 14.0 Å². The summed E-state index contributed by atoms with van der Waals surface area (Å²) in [5, 5.41) is 5.54. The fourth-order valence-corrected chi connectivity index (χ4v) is 3.08. The van der Waals surface area contributed by atoms with Crippen molar-refractivity contribution in [3.8, 4) is 0 Å². The van der Waals surface area contributed by atoms with Crippen molar-refractivity contribution in [3.05, 3.63) is 59.9 Å². The molecule has 0 aliphatic carbocycles. The Morgan fingerprint density at radius 1 is 1.16 bits per heavy atom. The van der Waals surface area contributed by atoms with Crippen molar-refractivity contribution in [3.63, 3.8) is 0 Å². The molecule has 5 nitrogen and oxygen atoms in total. The van der Waals surface area contributed by atoms with Crippen LogP contribution in [0.4, 0.5) is 15.8 Å². The van der Waals surface area contributed by atoms with Crippen molar-refractivity contribution < 1.29 is 14.0 Å². The van der Waals surface area contributed by atoms with E-state index >= 15 is 0 Å². The van der Waals surface area contributed by atoms with Gasteiger partial charge in [0.2, 0.25) is 6.41 Å². The highest BCUT2D eigenvalue weighted by Crippen LogP contribution is 2.23. The molecule has 1 atom stereocenters. The lowest BCUT2D eigenvalue weighted by Crippen LogP contribution is -2.48. The first-order chi connectivity index (χ1) is 12.2. The van der Waals surface area contributed by atoms with Crippen LogP contribution < -0.4 is 15.5 Å². The van der Waals surface area contributed by atoms with E-state index in [1.807, 2.05) is 11.0 Å². The summed E-state index contributed by atoms with van der Waals surface area (Å²) in [5.74, 6) is -0.411. The number of amides is 2. The number of para-hydroxylation sites is 1. The summed E-state index contributed by atoms with van der Waals surface area (Å²) in [6.07, 6.45) is 2.34. The Bertz CT molecular complexity index is 749. The maximum atomic E-state index is 14.0. The number of nitrogens with one attached hydrogen (secondary N) is 2. The van der Waals surface area contributed by atoms with Gasteiger partial charge in [0.05, 0.1) is 5.69 Å². The molecule has 0 bridgehead atoms. The number of halogens is 1. The maximum absolute atomic E-state index is 14.0. The van der Waals surface area contributed by atoms with Crippen molar-refractivity contribution in [2.45, 2.75) is 18.9 Å². The minimum Gasteiger partial charge on any atom is -0.367 e. The summed E-state index contributed by atoms with van der Waals surface area (Å²) in [5.41, 5.74) is 1.74. The van der Waals surface area contributed by atoms with Crippen LogP contribution in [-0.4, -0.2) is 31.4 Å². The molecule has 0 saturated carbocycles. The monoisotopic (exact) mass is 341 g/mol. The van der Waals surface area contributed by atoms with E-state index in [1.54, 1.807) is 36.4 Å². The Hall–Kier alpha value is -2.89. The lowest BCUT2D eigenvalue weighted by atomic mass is 10.0. The second kappa shape index (κ2) is 7.79. The van der Waals surface area contributed by atoms with Crippen LogP contribution in [0.15, 0.2) is 48.5 Å². The van der Waals surface area contributed by atoms with Gasteiger partial charge in [-0.1, -0.05) is 12.1 Å². The zero-order valence-corrected chi connectivity index (χ0v) is 13.7. The topological polar surface area (TPSA) is 61.4 Å². The summed E-state index contributed by atoms with van der Waals surface area (Å²) in [6, 6.07) is 13.3. The second-order valence-corrected chi connectivity index (χ2v) is 6.05. The lowest BCUT2D eigenvalue weighted by Gasteiger charge is -2.35. The van der Waals surface area contributed by atoms with E-state index < -0.39 is 0 Å². The number of carbonyl (C=O) groups is 2. The van der Waals surface area contributed by atoms with Gasteiger partial charge < -0.3 is 15.5 Å². The highest BCUT2D eigenvalue weighted by atomic mass is 19.1. The predicted octanol–water partition coefficient (Wildman–Crippen LogP) is 2.79. The first-order valence-electron chi connectivity index (χ1n) is 8.28. The minimum absolute atomic E-state index is 0.0337. The number of hydrogen-bond donors (Lipinski definition) is 2. The van der Waals surface area contributed by atoms with Crippen molar-refractivity contribution in [2.75, 3.05) is 23.3 Å². The fourth-order valence-electron chi connectivity index (χ4n) is 3.08. The van der Waals surface area contributed by atoms with Crippen molar-refractivity contribution in [1.82, 2.24) is 5.32 Å². The molecule has 3 rings (SSSR count). The SMILES string of the molecule is O=CNc1ccc(C(=O)N[C@@H]2CCCN(c3ccccc3F)C2)cc1. The number of carbonyl (C=O) groups excluding carboxylic acids is 2. The standard InChI is InChI=1S/C19H20FN3O2/c20-17-5-1-2-6-18(17)23-11-3-4-16(12-23)22-19(25)14-7-9-15(10-8-14)21-13-24/h1-2,5-10,13,16H,3-4,11-12H2,(H,21,24)(H,22,25)/t16-/m1/s1. The summed E-state index contributed by atoms with van der Waals surface area (Å²) in [7, 11) is 0. The van der Waals surface area contributed by atoms with Crippen molar-refractivity contribution in [2.24, 2.45) is 0 Å². The van der Waals surface area contributed by atoms with Crippen molar-refractivity contribution >= 4 is 23.7 Å². The van der Waals surface area contributed by atoms with Crippen LogP contribution in [0, 0.1) is 5.82 Å². The van der Waals surface area contributed by atoms with Crippen LogP contribution >= 0.6 is 0 Å². The molecule has 1 fully saturated rings. The molecular weight excluding hydrogens is 321 g/mol. The number of hydrogen-bond acceptors (Lipinski definition) is 3. The van der Waals surface area contributed by atoms with E-state index in [4.69, 9.17) is 0 Å². The number of nitrogens with zero attached hydrogens (tertiary/aromatic N) is 1. The molecule has 0 aromatic heterocycles. The summed E-state index contributed by atoms with van der Waals surface area (Å²) >= 11 is 0. The van der Waals surface area contributed by atoms with E-state index in [-0.39, 0.29) is 17.8 Å². The third kappa shape index (κ3) is 4.15. The third-order valence-corrected chi connectivity index (χ3v) is 4.32. The highest BCUT2D eigenvalue weighted by molar-refractivity contribution is 5.95. The molecular formula is C19H20FN3O2. The van der Waals surface area contributed by atoms with E-state index in [0.717, 1.165) is 19.4 Å². The fraction of sp³-hybridized carbons (Fsp3) is 0.263. The molecule has 2 aromatic rings. The van der Waals surface area contributed by atoms with Gasteiger partial charge in [-0.15, -0.1) is 0 Å². The first kappa shape index (κ1) is 17.0. The third-order valence-electron chi connectivity index (χ3n) is 4.32. The second-order valence-electron chi connectivity index (χ2n) is 6.05. The molecule has 1 aliphatic rings. The molecule has 2 amide bonds. The maximum Gasteiger partial charge on any atom is 0.251 e. The summed E-state index contributed by atoms with van der Waals surface area (Å²) in [6.45, 7) is 1.36. The molecule has 0 radical (unpaired) electrons. The Labute approximate surface area is 145 Å². The molecule has 2 aromatic carbocycles. The molecule has 2 N–H and O–H groups in total. The molecule has 0 spiro atoms. The zero-order chi connectivity index (χ0) is 17.6. The van der Waals surface area contributed by atoms with Gasteiger partial charge in [0.25, 0.3) is 5.91 Å². The normalized spacial score (nSPS) is 17.0. The van der Waals surface area contributed by atoms with Crippen LogP contribution in [0.25, 0.3) is 0 Å². The van der Waals surface area contributed by atoms with Gasteiger partial charge in [-0.2, -0.15) is 0 Å². The van der Waals surface area contributed by atoms with Gasteiger partial charge in [0, 0.05) is 30.4 Å². The molecule has 1 saturated heterocycles. The van der Waals surface area contributed by atoms with Gasteiger partial charge in [-0.05, 0) is 49.2 Å². The lowest BCUT2D eigenvalue weighted by molar-refractivity contribution is -0.105. The average molecular weight is 341 g/mol. The first-order valence-corrected chi connectivity index (χ1v) is 8.28.